The van der Waals surface area contributed by atoms with E-state index < -0.39 is 0 Å². The number of thiazole rings is 1. The summed E-state index contributed by atoms with van der Waals surface area (Å²) in [6, 6.07) is 6.31. The van der Waals surface area contributed by atoms with Gasteiger partial charge in [-0.05, 0) is 18.6 Å². The molecule has 0 fully saturated rings. The van der Waals surface area contributed by atoms with E-state index in [4.69, 9.17) is 10.3 Å². The van der Waals surface area contributed by atoms with Crippen molar-refractivity contribution in [2.45, 2.75) is 19.8 Å². The van der Waals surface area contributed by atoms with E-state index in [1.54, 1.807) is 18.2 Å². The molecule has 3 rings (SSSR count). The van der Waals surface area contributed by atoms with Crippen LogP contribution in [0.4, 0.5) is 9.52 Å². The van der Waals surface area contributed by atoms with Gasteiger partial charge in [0, 0.05) is 0 Å². The minimum Gasteiger partial charge on any atom is -0.375 e. The van der Waals surface area contributed by atoms with Crippen LogP contribution in [-0.4, -0.2) is 15.1 Å². The summed E-state index contributed by atoms with van der Waals surface area (Å²) >= 11 is 1.30. The van der Waals surface area contributed by atoms with Crippen LogP contribution in [0.2, 0.25) is 0 Å². The van der Waals surface area contributed by atoms with Crippen LogP contribution >= 0.6 is 11.3 Å². The summed E-state index contributed by atoms with van der Waals surface area (Å²) in [5.41, 5.74) is 6.89. The molecule has 2 N–H and O–H groups in total. The van der Waals surface area contributed by atoms with Crippen LogP contribution in [0.1, 0.15) is 19.0 Å². The molecule has 0 bridgehead atoms. The Labute approximate surface area is 124 Å². The zero-order chi connectivity index (χ0) is 14.8. The van der Waals surface area contributed by atoms with E-state index in [0.29, 0.717) is 16.6 Å². The van der Waals surface area contributed by atoms with Gasteiger partial charge in [0.15, 0.2) is 5.13 Å². The zero-order valence-electron chi connectivity index (χ0n) is 11.3. The highest BCUT2D eigenvalue weighted by Gasteiger charge is 2.19. The number of nitrogen functional groups attached to an aromatic ring is 1. The molecule has 1 aromatic carbocycles. The Kier molecular flexibility index (Phi) is 3.66. The van der Waals surface area contributed by atoms with Crippen molar-refractivity contribution in [2.75, 3.05) is 5.73 Å². The van der Waals surface area contributed by atoms with E-state index in [2.05, 4.69) is 22.0 Å². The quantitative estimate of drug-likeness (QED) is 0.797. The zero-order valence-corrected chi connectivity index (χ0v) is 12.2. The van der Waals surface area contributed by atoms with Crippen molar-refractivity contribution in [1.29, 1.82) is 0 Å². The van der Waals surface area contributed by atoms with Gasteiger partial charge < -0.3 is 10.3 Å². The molecule has 0 aliphatic rings. The molecule has 0 aliphatic carbocycles. The van der Waals surface area contributed by atoms with Gasteiger partial charge in [-0.1, -0.05) is 42.0 Å². The maximum absolute atomic E-state index is 13.7. The Morgan fingerprint density at radius 3 is 2.86 bits per heavy atom. The van der Waals surface area contributed by atoms with Gasteiger partial charge in [-0.25, -0.2) is 9.37 Å². The van der Waals surface area contributed by atoms with E-state index in [-0.39, 0.29) is 11.6 Å². The number of aromatic nitrogens is 3. The molecule has 0 unspecified atom stereocenters. The number of rotatable bonds is 4. The number of aryl methyl sites for hydroxylation is 1. The molecule has 0 spiro atoms. The van der Waals surface area contributed by atoms with Crippen molar-refractivity contribution < 1.29 is 8.91 Å². The first-order chi connectivity index (χ1) is 10.2. The molecule has 2 heterocycles. The highest BCUT2D eigenvalue weighted by atomic mass is 32.1. The normalized spacial score (nSPS) is 11.0. The third-order valence-corrected chi connectivity index (χ3v) is 3.85. The summed E-state index contributed by atoms with van der Waals surface area (Å²) in [7, 11) is 0. The van der Waals surface area contributed by atoms with Crippen molar-refractivity contribution >= 4 is 16.5 Å². The van der Waals surface area contributed by atoms with Gasteiger partial charge in [-0.2, -0.15) is 4.98 Å². The molecule has 21 heavy (non-hydrogen) atoms. The number of nitrogens with two attached hydrogens (primary N) is 1. The first-order valence-corrected chi connectivity index (χ1v) is 7.35. The smallest absolute Gasteiger partial charge is 0.270 e. The second kappa shape index (κ2) is 5.61. The second-order valence-electron chi connectivity index (χ2n) is 4.48. The Bertz CT molecular complexity index is 768. The summed E-state index contributed by atoms with van der Waals surface area (Å²) in [5, 5.41) is 4.30. The van der Waals surface area contributed by atoms with Crippen molar-refractivity contribution in [1.82, 2.24) is 15.1 Å². The van der Waals surface area contributed by atoms with Gasteiger partial charge in [0.25, 0.3) is 5.89 Å². The van der Waals surface area contributed by atoms with Crippen molar-refractivity contribution in [3.8, 4) is 22.2 Å². The van der Waals surface area contributed by atoms with Crippen LogP contribution in [0.3, 0.4) is 0 Å². The molecular weight excluding hydrogens is 291 g/mol. The summed E-state index contributed by atoms with van der Waals surface area (Å²) in [6.07, 6.45) is 1.71. The van der Waals surface area contributed by atoms with Crippen LogP contribution in [0.5, 0.6) is 0 Å². The van der Waals surface area contributed by atoms with E-state index in [1.165, 1.54) is 17.4 Å². The van der Waals surface area contributed by atoms with Crippen LogP contribution in [0.25, 0.3) is 22.2 Å². The third kappa shape index (κ3) is 2.64. The van der Waals surface area contributed by atoms with Crippen molar-refractivity contribution in [2.24, 2.45) is 0 Å². The highest BCUT2D eigenvalue weighted by molar-refractivity contribution is 7.18. The van der Waals surface area contributed by atoms with E-state index in [1.807, 2.05) is 0 Å². The van der Waals surface area contributed by atoms with Crippen molar-refractivity contribution in [3.05, 3.63) is 35.8 Å². The molecule has 0 saturated carbocycles. The van der Waals surface area contributed by atoms with Crippen LogP contribution < -0.4 is 5.73 Å². The first kappa shape index (κ1) is 13.7. The molecule has 2 aromatic heterocycles. The largest absolute Gasteiger partial charge is 0.375 e. The number of benzene rings is 1. The molecule has 108 valence electrons. The monoisotopic (exact) mass is 304 g/mol. The predicted octanol–water partition coefficient (Wildman–Crippen LogP) is 3.53. The molecule has 7 heteroatoms. The molecule has 0 radical (unpaired) electrons. The summed E-state index contributed by atoms with van der Waals surface area (Å²) in [6.45, 7) is 2.05. The van der Waals surface area contributed by atoms with Gasteiger partial charge in [0.1, 0.15) is 10.7 Å². The van der Waals surface area contributed by atoms with Crippen LogP contribution in [0.15, 0.2) is 28.8 Å². The molecule has 0 saturated heterocycles. The first-order valence-electron chi connectivity index (χ1n) is 6.53. The van der Waals surface area contributed by atoms with E-state index in [0.717, 1.165) is 23.4 Å². The fourth-order valence-corrected chi connectivity index (χ4v) is 2.81. The summed E-state index contributed by atoms with van der Waals surface area (Å²) < 4.78 is 19.0. The average molecular weight is 304 g/mol. The number of hydrogen-bond donors (Lipinski definition) is 1. The summed E-state index contributed by atoms with van der Waals surface area (Å²) in [5.74, 6) is 0.158. The van der Waals surface area contributed by atoms with Crippen LogP contribution in [-0.2, 0) is 6.42 Å². The minimum absolute atomic E-state index is 0.220. The second-order valence-corrected chi connectivity index (χ2v) is 5.51. The molecule has 0 atom stereocenters. The number of nitrogens with zero attached hydrogens (tertiary/aromatic N) is 3. The van der Waals surface area contributed by atoms with Gasteiger partial charge in [0.05, 0.1) is 11.3 Å². The minimum atomic E-state index is -0.387. The number of halogens is 1. The Morgan fingerprint density at radius 2 is 2.10 bits per heavy atom. The SMILES string of the molecule is CCCc1nc(N)sc1-c1nc(-c2ccccc2F)no1. The van der Waals surface area contributed by atoms with Gasteiger partial charge >= 0.3 is 0 Å². The average Bonchev–Trinajstić information content (AvgIpc) is 3.06. The predicted molar refractivity (Wildman–Crippen MR) is 79.2 cm³/mol. The molecule has 0 aliphatic heterocycles. The Hall–Kier alpha value is -2.28. The fourth-order valence-electron chi connectivity index (χ4n) is 2.01. The summed E-state index contributed by atoms with van der Waals surface area (Å²) in [4.78, 5) is 9.29. The fraction of sp³-hybridized carbons (Fsp3) is 0.214. The third-order valence-electron chi connectivity index (χ3n) is 2.94. The molecule has 0 amide bonds. The maximum Gasteiger partial charge on any atom is 0.270 e. The Morgan fingerprint density at radius 1 is 1.29 bits per heavy atom. The maximum atomic E-state index is 13.7. The lowest BCUT2D eigenvalue weighted by molar-refractivity contribution is 0.432. The lowest BCUT2D eigenvalue weighted by Gasteiger charge is -1.95. The Balaban J connectivity index is 2.01. The van der Waals surface area contributed by atoms with Crippen LogP contribution in [0, 0.1) is 5.82 Å². The van der Waals surface area contributed by atoms with E-state index in [9.17, 15) is 4.39 Å². The molecule has 5 nitrogen and oxygen atoms in total. The lowest BCUT2D eigenvalue weighted by atomic mass is 10.2. The van der Waals surface area contributed by atoms with E-state index >= 15 is 0 Å². The highest BCUT2D eigenvalue weighted by Crippen LogP contribution is 2.32. The van der Waals surface area contributed by atoms with Gasteiger partial charge in [-0.3, -0.25) is 0 Å². The topological polar surface area (TPSA) is 77.8 Å². The van der Waals surface area contributed by atoms with Gasteiger partial charge in [-0.15, -0.1) is 0 Å². The lowest BCUT2D eigenvalue weighted by Crippen LogP contribution is -1.89. The number of anilines is 1. The molecular formula is C14H13FN4OS. The van der Waals surface area contributed by atoms with Crippen molar-refractivity contribution in [3.63, 3.8) is 0 Å². The standard InChI is InChI=1S/C14H13FN4OS/c1-2-5-10-11(21-14(16)17-10)13-18-12(19-20-13)8-6-3-4-7-9(8)15/h3-4,6-7H,2,5H2,1H3,(H2,16,17). The number of hydrogen-bond acceptors (Lipinski definition) is 6. The molecule has 3 aromatic rings. The van der Waals surface area contributed by atoms with Gasteiger partial charge in [0.2, 0.25) is 5.82 Å².